The van der Waals surface area contributed by atoms with Gasteiger partial charge in [-0.1, -0.05) is 177 Å². The summed E-state index contributed by atoms with van der Waals surface area (Å²) in [7, 11) is -2.79. The van der Waals surface area contributed by atoms with Crippen molar-refractivity contribution in [2.75, 3.05) is 7.11 Å². The van der Waals surface area contributed by atoms with Crippen LogP contribution in [0.2, 0.25) is 36.3 Å². The van der Waals surface area contributed by atoms with Crippen LogP contribution in [0.25, 0.3) is 0 Å². The van der Waals surface area contributed by atoms with Gasteiger partial charge in [0.25, 0.3) is 0 Å². The maximum absolute atomic E-state index is 15.3. The molecule has 0 unspecified atom stereocenters. The number of rotatable bonds is 7. The molecule has 0 amide bonds. The smallest absolute Gasteiger partial charge is 0.312 e. The Morgan fingerprint density at radius 1 is 0.588 bits per heavy atom. The van der Waals surface area contributed by atoms with E-state index in [2.05, 4.69) is 163 Å². The molecule has 0 aromatic heterocycles. The van der Waals surface area contributed by atoms with Crippen LogP contribution in [0.1, 0.15) is 238 Å². The molecule has 0 heterocycles. The zero-order chi connectivity index (χ0) is 61.6. The van der Waals surface area contributed by atoms with Crippen LogP contribution < -0.4 is 0 Å². The first-order valence-electron chi connectivity index (χ1n) is 33.0. The Morgan fingerprint density at radius 2 is 1.02 bits per heavy atom. The van der Waals surface area contributed by atoms with Crippen molar-refractivity contribution >= 4 is 40.1 Å². The van der Waals surface area contributed by atoms with Crippen molar-refractivity contribution in [1.29, 1.82) is 0 Å². The Labute approximate surface area is 523 Å². The van der Waals surface area contributed by atoms with Crippen LogP contribution in [0, 0.1) is 109 Å². The number of hydrogen-bond donors (Lipinski definition) is 1. The SMILES string of the molecule is C.C.C.CC1=C[C@]23C(=O)[C@@H](C(O[Si](C)(C)C(C)(C)C)=C(C)[C@@H](C)[C@@H]2[C@H]1OC(=O)C1(C)CCCCC1)[C@H]1[C@@H](C[C@H]3C)C1(C)C.CC1=C[C@]23C(=O)[C@@H]([C@H](O[Si](C)(C)C(C)(C)C)[C@H](C)[C@@H](C)[C@@H]2[C@H]1O)[C@H]1[C@@H](C[C@H]3C)C1(C)C.COC(=O)C1(C)CCCCC1. The predicted octanol–water partition coefficient (Wildman–Crippen LogP) is 19.0. The maximum atomic E-state index is 15.3. The Morgan fingerprint density at radius 3 is 1.49 bits per heavy atom. The summed E-state index contributed by atoms with van der Waals surface area (Å²) >= 11 is 0. The van der Waals surface area contributed by atoms with Crippen LogP contribution in [0.15, 0.2) is 34.6 Å². The van der Waals surface area contributed by atoms with Crippen molar-refractivity contribution in [3.63, 3.8) is 0 Å². The van der Waals surface area contributed by atoms with Crippen molar-refractivity contribution < 1.29 is 42.6 Å². The highest BCUT2D eigenvalue weighted by molar-refractivity contribution is 6.74. The third-order valence-electron chi connectivity index (χ3n) is 26.8. The highest BCUT2D eigenvalue weighted by Crippen LogP contribution is 2.75. The topological polar surface area (TPSA) is 125 Å². The summed E-state index contributed by atoms with van der Waals surface area (Å²) < 4.78 is 25.8. The number of Topliss-reactive ketones (excluding diaryl/α,β-unsaturated/α-hetero) is 2. The first-order valence-corrected chi connectivity index (χ1v) is 38.8. The lowest BCUT2D eigenvalue weighted by molar-refractivity contribution is -0.167. The second-order valence-electron chi connectivity index (χ2n) is 34.4. The number of allylic oxidation sites excluding steroid dienone is 4. The number of aliphatic hydroxyl groups excluding tert-OH is 1. The van der Waals surface area contributed by atoms with Crippen LogP contribution in [-0.4, -0.2) is 70.7 Å². The molecule has 0 saturated heterocycles. The second-order valence-corrected chi connectivity index (χ2v) is 43.9. The fourth-order valence-electron chi connectivity index (χ4n) is 18.7. The summed E-state index contributed by atoms with van der Waals surface area (Å²) in [6.45, 7) is 54.3. The minimum atomic E-state index is -2.20. The van der Waals surface area contributed by atoms with Gasteiger partial charge in [0.05, 0.1) is 52.7 Å². The van der Waals surface area contributed by atoms with Crippen molar-refractivity contribution in [1.82, 2.24) is 0 Å². The quantitative estimate of drug-likeness (QED) is 0.151. The third-order valence-corrected chi connectivity index (χ3v) is 35.6. The highest BCUT2D eigenvalue weighted by atomic mass is 28.4. The molecule has 10 aliphatic carbocycles. The van der Waals surface area contributed by atoms with Crippen molar-refractivity contribution in [2.45, 2.75) is 292 Å². The molecule has 2 spiro atoms. The molecular weight excluding hydrogens is 1090 g/mol. The molecule has 0 aromatic rings. The molecule has 11 heteroatoms. The van der Waals surface area contributed by atoms with E-state index >= 15 is 4.79 Å². The van der Waals surface area contributed by atoms with E-state index in [0.29, 0.717) is 35.2 Å². The van der Waals surface area contributed by atoms with Gasteiger partial charge in [0.15, 0.2) is 14.1 Å². The number of carbonyl (C=O) groups is 4. The number of esters is 2. The van der Waals surface area contributed by atoms with Gasteiger partial charge >= 0.3 is 11.9 Å². The van der Waals surface area contributed by atoms with Crippen molar-refractivity contribution in [3.05, 3.63) is 34.6 Å². The molecule has 10 aliphatic rings. The van der Waals surface area contributed by atoms with Crippen LogP contribution in [0.5, 0.6) is 0 Å². The summed E-state index contributed by atoms with van der Waals surface area (Å²) in [5.74, 6) is 3.99. The van der Waals surface area contributed by atoms with Gasteiger partial charge in [-0.2, -0.15) is 0 Å². The standard InChI is InChI=1S/C35H56O4Si.C27H46O3Si.C9H16O2.3CH4/c1-20-19-35-21(2)18-24-27(33(24,8)9)25(30(35)36)29(39-40(11,12)32(5,6)7)23(4)22(3)26(35)28(20)38-31(37)34(10)16-14-13-15-17-34;1-14-13-27-15(2)12-18-21(26(18,8)9)19(24(27)29)23(30-31(10,11)25(5,6)7)17(4)16(3)20(27)22(14)28;1-9(8(10)11-2)6-4-3-5-7-9;;;/h19,21-22,24-28H,13-18H2,1-12H3;13,15-23,28H,12H2,1-11H3;3-7H2,1-2H3;3*1H4/t21-,22-,24-,25-,26-,27-,28+,35-;15-,16-,17-,18-,19-,20-,21-,22+,23-,27-;;;;/m11..../s1. The molecular formula is C74H130O9Si2. The number of aliphatic hydroxyl groups is 1. The van der Waals surface area contributed by atoms with Gasteiger partial charge in [0.2, 0.25) is 8.32 Å². The Hall–Kier alpha value is -2.35. The van der Waals surface area contributed by atoms with E-state index in [9.17, 15) is 19.5 Å². The molecule has 488 valence electrons. The molecule has 85 heavy (non-hydrogen) atoms. The number of ether oxygens (including phenoxy) is 2. The molecule has 7 fully saturated rings. The maximum Gasteiger partial charge on any atom is 0.312 e. The predicted molar refractivity (Wildman–Crippen MR) is 356 cm³/mol. The Kier molecular flexibility index (Phi) is 21.0. The van der Waals surface area contributed by atoms with Crippen LogP contribution in [0.4, 0.5) is 0 Å². The van der Waals surface area contributed by atoms with E-state index in [4.69, 9.17) is 18.3 Å². The second kappa shape index (κ2) is 24.4. The number of carbonyl (C=O) groups excluding carboxylic acids is 4. The van der Waals surface area contributed by atoms with Crippen molar-refractivity contribution in [3.8, 4) is 0 Å². The molecule has 0 aliphatic heterocycles. The minimum Gasteiger partial charge on any atom is -0.546 e. The fourth-order valence-corrected chi connectivity index (χ4v) is 21.3. The van der Waals surface area contributed by atoms with Crippen molar-refractivity contribution in [2.24, 2.45) is 109 Å². The first-order chi connectivity index (χ1) is 37.5. The molecule has 0 aromatic carbocycles. The molecule has 9 nitrogen and oxygen atoms in total. The van der Waals surface area contributed by atoms with E-state index in [1.807, 2.05) is 13.8 Å². The third kappa shape index (κ3) is 11.8. The van der Waals surface area contributed by atoms with Gasteiger partial charge in [-0.05, 0) is 190 Å². The first kappa shape index (κ1) is 73.4. The normalized spacial score (nSPS) is 39.8. The molecule has 0 radical (unpaired) electrons. The number of ketones is 2. The number of methoxy groups -OCH3 is 1. The van der Waals surface area contributed by atoms with Gasteiger partial charge in [0.1, 0.15) is 11.9 Å². The largest absolute Gasteiger partial charge is 0.546 e. The summed E-state index contributed by atoms with van der Waals surface area (Å²) in [4.78, 5) is 55.1. The summed E-state index contributed by atoms with van der Waals surface area (Å²) in [6.07, 6.45) is 16.4. The Bertz CT molecular complexity index is 2580. The van der Waals surface area contributed by atoms with Crippen LogP contribution >= 0.6 is 0 Å². The molecule has 4 bridgehead atoms. The molecule has 18 atom stereocenters. The van der Waals surface area contributed by atoms with Gasteiger partial charge in [-0.3, -0.25) is 19.2 Å². The fraction of sp³-hybridized carbons (Fsp3) is 0.865. The van der Waals surface area contributed by atoms with E-state index in [-0.39, 0.29) is 126 Å². The van der Waals surface area contributed by atoms with E-state index in [1.54, 1.807) is 0 Å². The molecule has 10 rings (SSSR count). The average molecular weight is 1220 g/mol. The molecule has 1 N–H and O–H groups in total. The zero-order valence-corrected chi connectivity index (χ0v) is 58.6. The van der Waals surface area contributed by atoms with E-state index in [1.165, 1.54) is 38.4 Å². The molecule has 7 saturated carbocycles. The summed E-state index contributed by atoms with van der Waals surface area (Å²) in [5, 5.41) is 11.5. The number of hydrogen-bond acceptors (Lipinski definition) is 9. The number of fused-ring (bicyclic) bond motifs is 6. The Balaban J connectivity index is 0.000000260. The lowest BCUT2D eigenvalue weighted by atomic mass is 9.60. The van der Waals surface area contributed by atoms with Crippen LogP contribution in [0.3, 0.4) is 0 Å². The van der Waals surface area contributed by atoms with Gasteiger partial charge in [0, 0.05) is 17.8 Å². The summed E-state index contributed by atoms with van der Waals surface area (Å²) in [6, 6.07) is 0. The van der Waals surface area contributed by atoms with Crippen LogP contribution in [-0.2, 0) is 37.5 Å². The minimum absolute atomic E-state index is 0. The average Bonchev–Trinajstić information content (AvgIpc) is 2.65. The lowest BCUT2D eigenvalue weighted by Gasteiger charge is -2.44. The lowest BCUT2D eigenvalue weighted by Crippen LogP contribution is -2.51. The monoisotopic (exact) mass is 1220 g/mol. The van der Waals surface area contributed by atoms with Gasteiger partial charge < -0.3 is 23.4 Å². The summed E-state index contributed by atoms with van der Waals surface area (Å²) in [5.41, 5.74) is 1.85. The van der Waals surface area contributed by atoms with E-state index < -0.39 is 39.0 Å². The highest BCUT2D eigenvalue weighted by Gasteiger charge is 2.75. The zero-order valence-electron chi connectivity index (χ0n) is 56.6. The van der Waals surface area contributed by atoms with Gasteiger partial charge in [-0.15, -0.1) is 0 Å². The van der Waals surface area contributed by atoms with Gasteiger partial charge in [-0.25, -0.2) is 0 Å². The van der Waals surface area contributed by atoms with E-state index in [0.717, 1.165) is 68.3 Å².